The maximum Gasteiger partial charge on any atom is 0.252 e. The minimum absolute atomic E-state index is 0.0186. The van der Waals surface area contributed by atoms with E-state index in [2.05, 4.69) is 15.1 Å². The average molecular weight is 323 g/mol. The van der Waals surface area contributed by atoms with E-state index in [1.165, 1.54) is 0 Å². The molecule has 1 atom stereocenters. The van der Waals surface area contributed by atoms with Gasteiger partial charge in [0.25, 0.3) is 5.78 Å². The van der Waals surface area contributed by atoms with Crippen LogP contribution in [0.3, 0.4) is 0 Å². The first-order valence-corrected chi connectivity index (χ1v) is 7.94. The molecule has 122 valence electrons. The van der Waals surface area contributed by atoms with Crippen molar-refractivity contribution < 1.29 is 9.53 Å². The van der Waals surface area contributed by atoms with Gasteiger partial charge in [0.2, 0.25) is 5.91 Å². The molecule has 1 aliphatic rings. The molecule has 0 spiro atoms. The van der Waals surface area contributed by atoms with Crippen LogP contribution in [-0.4, -0.2) is 49.6 Å². The molecule has 4 rings (SSSR count). The van der Waals surface area contributed by atoms with Gasteiger partial charge < -0.3 is 9.64 Å². The Hall–Kier alpha value is -2.96. The van der Waals surface area contributed by atoms with Crippen molar-refractivity contribution in [2.24, 2.45) is 0 Å². The summed E-state index contributed by atoms with van der Waals surface area (Å²) in [6, 6.07) is 11.5. The van der Waals surface area contributed by atoms with Crippen molar-refractivity contribution >= 4 is 11.7 Å². The summed E-state index contributed by atoms with van der Waals surface area (Å²) in [4.78, 5) is 22.6. The molecule has 0 saturated carbocycles. The van der Waals surface area contributed by atoms with Crippen LogP contribution in [-0.2, 0) is 11.2 Å². The van der Waals surface area contributed by atoms with E-state index in [0.29, 0.717) is 24.7 Å². The van der Waals surface area contributed by atoms with Gasteiger partial charge in [0.15, 0.2) is 5.82 Å². The number of hydrogen-bond acceptors (Lipinski definition) is 5. The molecule has 0 N–H and O–H groups in total. The molecule has 1 unspecified atom stereocenters. The molecule has 1 fully saturated rings. The summed E-state index contributed by atoms with van der Waals surface area (Å²) in [6.45, 7) is 1.29. The van der Waals surface area contributed by atoms with Crippen LogP contribution < -0.4 is 4.74 Å². The second-order valence-corrected chi connectivity index (χ2v) is 5.75. The zero-order valence-corrected chi connectivity index (χ0v) is 13.1. The number of likely N-dealkylation sites (tertiary alicyclic amines) is 1. The summed E-state index contributed by atoms with van der Waals surface area (Å²) in [5.74, 6) is 1.85. The fourth-order valence-electron chi connectivity index (χ4n) is 2.84. The van der Waals surface area contributed by atoms with E-state index in [-0.39, 0.29) is 18.4 Å². The molecule has 0 aliphatic carbocycles. The van der Waals surface area contributed by atoms with Gasteiger partial charge in [-0.05, 0) is 18.2 Å². The van der Waals surface area contributed by atoms with Gasteiger partial charge in [0.05, 0.1) is 13.0 Å². The van der Waals surface area contributed by atoms with Gasteiger partial charge >= 0.3 is 0 Å². The van der Waals surface area contributed by atoms with Crippen LogP contribution in [0, 0.1) is 0 Å². The maximum absolute atomic E-state index is 12.5. The Morgan fingerprint density at radius 3 is 2.96 bits per heavy atom. The predicted molar refractivity (Wildman–Crippen MR) is 86.5 cm³/mol. The van der Waals surface area contributed by atoms with E-state index in [1.54, 1.807) is 23.0 Å². The standard InChI is InChI=1S/C17H17N5O2/c23-16(11-15-19-17-18-8-4-9-22(17)20-15)21-10-7-14(12-21)24-13-5-2-1-3-6-13/h1-6,8-9,14H,7,10-12H2. The topological polar surface area (TPSA) is 72.6 Å². The normalized spacial score (nSPS) is 17.3. The molecule has 1 aliphatic heterocycles. The third-order valence-corrected chi connectivity index (χ3v) is 4.01. The lowest BCUT2D eigenvalue weighted by Crippen LogP contribution is -2.32. The largest absolute Gasteiger partial charge is 0.489 e. The van der Waals surface area contributed by atoms with Gasteiger partial charge in [-0.3, -0.25) is 4.79 Å². The molecular weight excluding hydrogens is 306 g/mol. The Balaban J connectivity index is 1.37. The van der Waals surface area contributed by atoms with Crippen LogP contribution in [0.1, 0.15) is 12.2 Å². The minimum atomic E-state index is 0.0186. The molecule has 24 heavy (non-hydrogen) atoms. The molecule has 0 bridgehead atoms. The third-order valence-electron chi connectivity index (χ3n) is 4.01. The zero-order chi connectivity index (χ0) is 16.4. The number of ether oxygens (including phenoxy) is 1. The highest BCUT2D eigenvalue weighted by molar-refractivity contribution is 5.78. The summed E-state index contributed by atoms with van der Waals surface area (Å²) < 4.78 is 7.49. The summed E-state index contributed by atoms with van der Waals surface area (Å²) in [5, 5.41) is 4.28. The highest BCUT2D eigenvalue weighted by Crippen LogP contribution is 2.18. The van der Waals surface area contributed by atoms with Gasteiger partial charge in [-0.25, -0.2) is 9.50 Å². The van der Waals surface area contributed by atoms with Crippen molar-refractivity contribution in [1.29, 1.82) is 0 Å². The Bertz CT molecular complexity index is 815. The summed E-state index contributed by atoms with van der Waals surface area (Å²) >= 11 is 0. The molecule has 1 saturated heterocycles. The summed E-state index contributed by atoms with van der Waals surface area (Å²) in [6.07, 6.45) is 4.47. The number of rotatable bonds is 4. The number of carbonyl (C=O) groups excluding carboxylic acids is 1. The summed E-state index contributed by atoms with van der Waals surface area (Å²) in [5.41, 5.74) is 0. The van der Waals surface area contributed by atoms with E-state index in [4.69, 9.17) is 4.74 Å². The van der Waals surface area contributed by atoms with Gasteiger partial charge in [-0.1, -0.05) is 18.2 Å². The van der Waals surface area contributed by atoms with E-state index in [1.807, 2.05) is 35.2 Å². The Morgan fingerprint density at radius 1 is 1.25 bits per heavy atom. The van der Waals surface area contributed by atoms with E-state index >= 15 is 0 Å². The number of nitrogens with zero attached hydrogens (tertiary/aromatic N) is 5. The van der Waals surface area contributed by atoms with Crippen LogP contribution in [0.5, 0.6) is 5.75 Å². The molecule has 3 heterocycles. The quantitative estimate of drug-likeness (QED) is 0.724. The van der Waals surface area contributed by atoms with Crippen LogP contribution in [0.15, 0.2) is 48.8 Å². The molecule has 7 nitrogen and oxygen atoms in total. The predicted octanol–water partition coefficient (Wildman–Crippen LogP) is 1.35. The Kier molecular flexibility index (Phi) is 3.82. The monoisotopic (exact) mass is 323 g/mol. The number of benzene rings is 1. The SMILES string of the molecule is O=C(Cc1nc2ncccn2n1)N1CCC(Oc2ccccc2)C1. The Morgan fingerprint density at radius 2 is 2.12 bits per heavy atom. The lowest BCUT2D eigenvalue weighted by Gasteiger charge is -2.16. The smallest absolute Gasteiger partial charge is 0.252 e. The van der Waals surface area contributed by atoms with Crippen LogP contribution >= 0.6 is 0 Å². The average Bonchev–Trinajstić information content (AvgIpc) is 3.22. The number of para-hydroxylation sites is 1. The van der Waals surface area contributed by atoms with Crippen molar-refractivity contribution in [3.63, 3.8) is 0 Å². The van der Waals surface area contributed by atoms with Crippen molar-refractivity contribution in [2.75, 3.05) is 13.1 Å². The number of hydrogen-bond donors (Lipinski definition) is 0. The Labute approximate surface area is 138 Å². The number of aromatic nitrogens is 4. The van der Waals surface area contributed by atoms with E-state index in [9.17, 15) is 4.79 Å². The first-order valence-electron chi connectivity index (χ1n) is 7.94. The fourth-order valence-corrected chi connectivity index (χ4v) is 2.84. The molecule has 7 heteroatoms. The van der Waals surface area contributed by atoms with Gasteiger partial charge in [-0.2, -0.15) is 4.98 Å². The zero-order valence-electron chi connectivity index (χ0n) is 13.1. The van der Waals surface area contributed by atoms with Gasteiger partial charge in [0.1, 0.15) is 11.9 Å². The number of amides is 1. The molecule has 1 amide bonds. The van der Waals surface area contributed by atoms with E-state index in [0.717, 1.165) is 12.2 Å². The number of carbonyl (C=O) groups is 1. The second-order valence-electron chi connectivity index (χ2n) is 5.75. The van der Waals surface area contributed by atoms with Gasteiger partial charge in [0, 0.05) is 25.4 Å². The van der Waals surface area contributed by atoms with E-state index < -0.39 is 0 Å². The molecular formula is C17H17N5O2. The molecule has 0 radical (unpaired) electrons. The van der Waals surface area contributed by atoms with Crippen molar-refractivity contribution in [2.45, 2.75) is 18.9 Å². The number of fused-ring (bicyclic) bond motifs is 1. The summed E-state index contributed by atoms with van der Waals surface area (Å²) in [7, 11) is 0. The molecule has 1 aromatic carbocycles. The first kappa shape index (κ1) is 14.6. The van der Waals surface area contributed by atoms with Crippen LogP contribution in [0.4, 0.5) is 0 Å². The minimum Gasteiger partial charge on any atom is -0.489 e. The van der Waals surface area contributed by atoms with Crippen molar-refractivity contribution in [1.82, 2.24) is 24.5 Å². The van der Waals surface area contributed by atoms with Gasteiger partial charge in [-0.15, -0.1) is 5.10 Å². The lowest BCUT2D eigenvalue weighted by atomic mass is 10.3. The van der Waals surface area contributed by atoms with Crippen LogP contribution in [0.2, 0.25) is 0 Å². The highest BCUT2D eigenvalue weighted by Gasteiger charge is 2.28. The van der Waals surface area contributed by atoms with Crippen molar-refractivity contribution in [3.8, 4) is 5.75 Å². The first-order chi connectivity index (χ1) is 11.8. The highest BCUT2D eigenvalue weighted by atomic mass is 16.5. The maximum atomic E-state index is 12.5. The molecule has 3 aromatic rings. The van der Waals surface area contributed by atoms with Crippen LogP contribution in [0.25, 0.3) is 5.78 Å². The third kappa shape index (κ3) is 3.05. The molecule has 2 aromatic heterocycles. The van der Waals surface area contributed by atoms with Crippen molar-refractivity contribution in [3.05, 3.63) is 54.6 Å². The fraction of sp³-hybridized carbons (Fsp3) is 0.294. The second kappa shape index (κ2) is 6.27. The lowest BCUT2D eigenvalue weighted by molar-refractivity contribution is -0.129.